The van der Waals surface area contributed by atoms with Gasteiger partial charge in [0.15, 0.2) is 0 Å². The highest BCUT2D eigenvalue weighted by Gasteiger charge is 1.81. The molecule has 0 aromatic rings. The van der Waals surface area contributed by atoms with Crippen molar-refractivity contribution in [3.8, 4) is 0 Å². The molecule has 0 aliphatic heterocycles. The molecule has 0 radical (unpaired) electrons. The van der Waals surface area contributed by atoms with Crippen LogP contribution in [-0.4, -0.2) is 6.67 Å². The summed E-state index contributed by atoms with van der Waals surface area (Å²) in [5.74, 6) is 0. The predicted octanol–water partition coefficient (Wildman–Crippen LogP) is 3.89. The lowest BCUT2D eigenvalue weighted by molar-refractivity contribution is 0.561. The van der Waals surface area contributed by atoms with E-state index in [0.717, 1.165) is 6.42 Å². The Hall–Kier alpha value is -0.590. The van der Waals surface area contributed by atoms with Crippen molar-refractivity contribution in [2.75, 3.05) is 6.67 Å². The minimum atomic E-state index is -0.364. The second kappa shape index (κ2) is 12.1. The van der Waals surface area contributed by atoms with Gasteiger partial charge in [0.2, 0.25) is 0 Å². The number of halogens is 1. The molecule has 0 aliphatic carbocycles. The average molecular weight is 158 g/mol. The Morgan fingerprint density at radius 3 is 2.18 bits per heavy atom. The maximum absolute atomic E-state index is 11.5. The monoisotopic (exact) mass is 158 g/mol. The summed E-state index contributed by atoms with van der Waals surface area (Å²) in [6, 6.07) is 0. The van der Waals surface area contributed by atoms with Gasteiger partial charge in [-0.05, 0) is 13.3 Å². The zero-order valence-electron chi connectivity index (χ0n) is 8.02. The third-order valence-corrected chi connectivity index (χ3v) is 1.20. The zero-order chi connectivity index (χ0) is 9.11. The third kappa shape index (κ3) is 9.41. The molecule has 66 valence electrons. The van der Waals surface area contributed by atoms with E-state index in [1.54, 1.807) is 0 Å². The molecule has 0 nitrogen and oxygen atoms in total. The topological polar surface area (TPSA) is 0 Å². The zero-order valence-corrected chi connectivity index (χ0v) is 8.02. The van der Waals surface area contributed by atoms with Gasteiger partial charge in [0.1, 0.15) is 6.67 Å². The molecule has 0 amide bonds. The van der Waals surface area contributed by atoms with Gasteiger partial charge in [-0.2, -0.15) is 0 Å². The van der Waals surface area contributed by atoms with Crippen LogP contribution in [0.5, 0.6) is 0 Å². The fourth-order valence-corrected chi connectivity index (χ4v) is 0.614. The van der Waals surface area contributed by atoms with Gasteiger partial charge in [0.05, 0.1) is 0 Å². The molecule has 0 saturated heterocycles. The number of hydrogen-bond donors (Lipinski definition) is 0. The normalized spacial score (nSPS) is 11.2. The molecule has 11 heavy (non-hydrogen) atoms. The smallest absolute Gasteiger partial charge is 0.108 e. The maximum Gasteiger partial charge on any atom is 0.108 e. The first-order chi connectivity index (χ1) is 5.35. The van der Waals surface area contributed by atoms with Gasteiger partial charge in [-0.25, -0.2) is 4.39 Å². The predicted molar refractivity (Wildman–Crippen MR) is 50.5 cm³/mol. The Balaban J connectivity index is 0. The lowest BCUT2D eigenvalue weighted by Crippen LogP contribution is -1.72. The van der Waals surface area contributed by atoms with Gasteiger partial charge in [-0.15, -0.1) is 0 Å². The molecule has 0 aliphatic rings. The molecule has 0 saturated carbocycles. The van der Waals surface area contributed by atoms with E-state index in [4.69, 9.17) is 0 Å². The Morgan fingerprint density at radius 1 is 1.36 bits per heavy atom. The molecular weight excluding hydrogens is 139 g/mol. The summed E-state index contributed by atoms with van der Waals surface area (Å²) >= 11 is 0. The van der Waals surface area contributed by atoms with E-state index in [0.29, 0.717) is 0 Å². The SMILES string of the molecule is C/C=C(\C=C/CF)CC.CC. The van der Waals surface area contributed by atoms with Crippen molar-refractivity contribution in [1.29, 1.82) is 0 Å². The second-order valence-corrected chi connectivity index (χ2v) is 1.77. The van der Waals surface area contributed by atoms with E-state index in [-0.39, 0.29) is 6.67 Å². The van der Waals surface area contributed by atoms with Crippen LogP contribution in [0.15, 0.2) is 23.8 Å². The molecule has 0 aromatic carbocycles. The molecule has 0 aromatic heterocycles. The van der Waals surface area contributed by atoms with E-state index in [1.807, 2.05) is 32.9 Å². The number of hydrogen-bond acceptors (Lipinski definition) is 0. The van der Waals surface area contributed by atoms with E-state index >= 15 is 0 Å². The van der Waals surface area contributed by atoms with Crippen LogP contribution in [0.2, 0.25) is 0 Å². The minimum absolute atomic E-state index is 0.364. The van der Waals surface area contributed by atoms with Crippen LogP contribution in [0.3, 0.4) is 0 Å². The van der Waals surface area contributed by atoms with Crippen molar-refractivity contribution in [2.45, 2.75) is 34.1 Å². The molecule has 0 spiro atoms. The molecule has 0 N–H and O–H groups in total. The number of allylic oxidation sites excluding steroid dienone is 4. The summed E-state index contributed by atoms with van der Waals surface area (Å²) in [6.45, 7) is 7.65. The number of rotatable bonds is 3. The molecule has 0 unspecified atom stereocenters. The molecular formula is C10H19F. The largest absolute Gasteiger partial charge is 0.247 e. The van der Waals surface area contributed by atoms with E-state index in [1.165, 1.54) is 11.6 Å². The summed E-state index contributed by atoms with van der Waals surface area (Å²) in [5.41, 5.74) is 1.19. The summed E-state index contributed by atoms with van der Waals surface area (Å²) in [5, 5.41) is 0. The van der Waals surface area contributed by atoms with Crippen molar-refractivity contribution in [2.24, 2.45) is 0 Å². The van der Waals surface area contributed by atoms with Crippen LogP contribution >= 0.6 is 0 Å². The van der Waals surface area contributed by atoms with Gasteiger partial charge >= 0.3 is 0 Å². The molecule has 0 fully saturated rings. The fourth-order valence-electron chi connectivity index (χ4n) is 0.614. The van der Waals surface area contributed by atoms with Crippen LogP contribution in [-0.2, 0) is 0 Å². The van der Waals surface area contributed by atoms with Crippen LogP contribution in [0.1, 0.15) is 34.1 Å². The lowest BCUT2D eigenvalue weighted by Gasteiger charge is -1.90. The summed E-state index contributed by atoms with van der Waals surface area (Å²) in [4.78, 5) is 0. The van der Waals surface area contributed by atoms with Crippen LogP contribution in [0.4, 0.5) is 4.39 Å². The Labute approximate surface area is 69.8 Å². The van der Waals surface area contributed by atoms with Crippen molar-refractivity contribution >= 4 is 0 Å². The average Bonchev–Trinajstić information content (AvgIpc) is 2.10. The van der Waals surface area contributed by atoms with Crippen molar-refractivity contribution in [3.63, 3.8) is 0 Å². The molecule has 0 rings (SSSR count). The lowest BCUT2D eigenvalue weighted by atomic mass is 10.2. The summed E-state index contributed by atoms with van der Waals surface area (Å²) < 4.78 is 11.5. The van der Waals surface area contributed by atoms with Gasteiger partial charge < -0.3 is 0 Å². The van der Waals surface area contributed by atoms with Crippen molar-refractivity contribution in [1.82, 2.24) is 0 Å². The van der Waals surface area contributed by atoms with E-state index < -0.39 is 0 Å². The standard InChI is InChI=1S/C8H13F.C2H6/c1-3-8(4-2)6-5-7-9;1-2/h3,5-6H,4,7H2,1-2H3;1-2H3/b6-5-,8-3-;. The third-order valence-electron chi connectivity index (χ3n) is 1.20. The summed E-state index contributed by atoms with van der Waals surface area (Å²) in [6.07, 6.45) is 6.32. The molecule has 0 heterocycles. The van der Waals surface area contributed by atoms with E-state index in [2.05, 4.69) is 6.92 Å². The van der Waals surface area contributed by atoms with Gasteiger partial charge in [-0.3, -0.25) is 0 Å². The fraction of sp³-hybridized carbons (Fsp3) is 0.600. The first-order valence-electron chi connectivity index (χ1n) is 4.22. The van der Waals surface area contributed by atoms with Gasteiger partial charge in [0.25, 0.3) is 0 Å². The summed E-state index contributed by atoms with van der Waals surface area (Å²) in [7, 11) is 0. The minimum Gasteiger partial charge on any atom is -0.247 e. The Morgan fingerprint density at radius 2 is 1.91 bits per heavy atom. The molecule has 0 bridgehead atoms. The molecule has 0 atom stereocenters. The highest BCUT2D eigenvalue weighted by molar-refractivity contribution is 5.16. The first-order valence-corrected chi connectivity index (χ1v) is 4.22. The van der Waals surface area contributed by atoms with Crippen LogP contribution in [0, 0.1) is 0 Å². The Bertz CT molecular complexity index is 112. The Kier molecular flexibility index (Phi) is 14.4. The van der Waals surface area contributed by atoms with E-state index in [9.17, 15) is 4.39 Å². The number of alkyl halides is 1. The van der Waals surface area contributed by atoms with Crippen LogP contribution < -0.4 is 0 Å². The van der Waals surface area contributed by atoms with Crippen LogP contribution in [0.25, 0.3) is 0 Å². The highest BCUT2D eigenvalue weighted by atomic mass is 19.1. The maximum atomic E-state index is 11.5. The quantitative estimate of drug-likeness (QED) is 0.546. The van der Waals surface area contributed by atoms with Crippen molar-refractivity contribution < 1.29 is 4.39 Å². The van der Waals surface area contributed by atoms with Gasteiger partial charge in [-0.1, -0.05) is 44.6 Å². The van der Waals surface area contributed by atoms with Crippen molar-refractivity contribution in [3.05, 3.63) is 23.8 Å². The second-order valence-electron chi connectivity index (χ2n) is 1.77. The highest BCUT2D eigenvalue weighted by Crippen LogP contribution is 2.00. The van der Waals surface area contributed by atoms with Gasteiger partial charge in [0, 0.05) is 0 Å². The first kappa shape index (κ1) is 13.0. The molecule has 1 heteroatoms.